The summed E-state index contributed by atoms with van der Waals surface area (Å²) in [5.74, 6) is -0.151. The summed E-state index contributed by atoms with van der Waals surface area (Å²) in [5, 5.41) is 9.38. The van der Waals surface area contributed by atoms with Gasteiger partial charge in [-0.3, -0.25) is 0 Å². The maximum Gasteiger partial charge on any atom is 0.337 e. The van der Waals surface area contributed by atoms with Crippen LogP contribution in [0, 0.1) is 0 Å². The summed E-state index contributed by atoms with van der Waals surface area (Å²) in [6.45, 7) is 3.60. The van der Waals surface area contributed by atoms with E-state index in [-0.39, 0.29) is 0 Å². The Balaban J connectivity index is 2.52. The van der Waals surface area contributed by atoms with Crippen molar-refractivity contribution < 1.29 is 14.6 Å². The van der Waals surface area contributed by atoms with Gasteiger partial charge in [0.05, 0.1) is 18.4 Å². The van der Waals surface area contributed by atoms with Crippen LogP contribution in [0.3, 0.4) is 0 Å². The van der Waals surface area contributed by atoms with E-state index in [0.29, 0.717) is 11.3 Å². The third-order valence-corrected chi connectivity index (χ3v) is 3.07. The third-order valence-electron chi connectivity index (χ3n) is 3.07. The number of hydrogen-bond donors (Lipinski definition) is 1. The second-order valence-corrected chi connectivity index (χ2v) is 4.64. The fraction of sp³-hybridized carbons (Fsp3) is 0.188. The molecule has 1 aromatic carbocycles. The second-order valence-electron chi connectivity index (χ2n) is 4.64. The van der Waals surface area contributed by atoms with Gasteiger partial charge in [-0.25, -0.2) is 4.79 Å². The van der Waals surface area contributed by atoms with Crippen LogP contribution in [-0.2, 0) is 4.79 Å². The van der Waals surface area contributed by atoms with Gasteiger partial charge < -0.3 is 14.4 Å². The summed E-state index contributed by atoms with van der Waals surface area (Å²) in [7, 11) is 1.61. The van der Waals surface area contributed by atoms with Crippen LogP contribution in [0.15, 0.2) is 48.2 Å². The van der Waals surface area contributed by atoms with Crippen LogP contribution in [0.5, 0.6) is 5.75 Å². The number of hydrogen-bond acceptors (Lipinski definition) is 2. The van der Waals surface area contributed by atoms with E-state index in [1.165, 1.54) is 0 Å². The Hall–Kier alpha value is -2.49. The van der Waals surface area contributed by atoms with Crippen LogP contribution in [0.4, 0.5) is 0 Å². The monoisotopic (exact) mass is 271 g/mol. The summed E-state index contributed by atoms with van der Waals surface area (Å²) in [5.41, 5.74) is 2.66. The first-order chi connectivity index (χ1) is 9.54. The molecule has 2 rings (SSSR count). The predicted molar refractivity (Wildman–Crippen MR) is 78.2 cm³/mol. The Kier molecular flexibility index (Phi) is 3.94. The molecule has 2 aromatic rings. The maximum absolute atomic E-state index is 11.4. The van der Waals surface area contributed by atoms with Crippen LogP contribution in [0.1, 0.15) is 19.5 Å². The molecular formula is C16H17NO3. The van der Waals surface area contributed by atoms with Crippen molar-refractivity contribution in [3.8, 4) is 11.4 Å². The largest absolute Gasteiger partial charge is 0.497 e. The maximum atomic E-state index is 11.4. The SMILES string of the molecule is COc1ccc(-n2cccc2C(C(=O)O)=C(C)C)cc1. The summed E-state index contributed by atoms with van der Waals surface area (Å²) >= 11 is 0. The molecule has 1 aromatic heterocycles. The lowest BCUT2D eigenvalue weighted by Gasteiger charge is -2.12. The second kappa shape index (κ2) is 5.65. The normalized spacial score (nSPS) is 10.2. The molecule has 0 radical (unpaired) electrons. The standard InChI is InChI=1S/C16H17NO3/c1-11(2)15(16(18)19)14-5-4-10-17(14)12-6-8-13(20-3)9-7-12/h4-10H,1-3H3,(H,18,19). The molecule has 4 heteroatoms. The van der Waals surface area contributed by atoms with Crippen LogP contribution in [0.25, 0.3) is 11.3 Å². The minimum Gasteiger partial charge on any atom is -0.497 e. The summed E-state index contributed by atoms with van der Waals surface area (Å²) in [6, 6.07) is 11.1. The first-order valence-corrected chi connectivity index (χ1v) is 6.27. The van der Waals surface area contributed by atoms with Gasteiger partial charge in [-0.05, 0) is 50.2 Å². The van der Waals surface area contributed by atoms with E-state index in [1.54, 1.807) is 27.0 Å². The predicted octanol–water partition coefficient (Wildman–Crippen LogP) is 3.36. The number of carboxylic acids is 1. The molecule has 0 aliphatic carbocycles. The highest BCUT2D eigenvalue weighted by Crippen LogP contribution is 2.24. The van der Waals surface area contributed by atoms with Gasteiger partial charge in [-0.15, -0.1) is 0 Å². The summed E-state index contributed by atoms with van der Waals surface area (Å²) in [6.07, 6.45) is 1.85. The van der Waals surface area contributed by atoms with Crippen LogP contribution in [0.2, 0.25) is 0 Å². The van der Waals surface area contributed by atoms with Crippen LogP contribution >= 0.6 is 0 Å². The number of allylic oxidation sites excluding steroid dienone is 1. The van der Waals surface area contributed by atoms with Crippen molar-refractivity contribution in [2.45, 2.75) is 13.8 Å². The Bertz CT molecular complexity index is 647. The van der Waals surface area contributed by atoms with Gasteiger partial charge in [0, 0.05) is 11.9 Å². The van der Waals surface area contributed by atoms with E-state index >= 15 is 0 Å². The Labute approximate surface area is 117 Å². The fourth-order valence-electron chi connectivity index (χ4n) is 2.13. The molecule has 0 saturated heterocycles. The van der Waals surface area contributed by atoms with E-state index in [9.17, 15) is 9.90 Å². The topological polar surface area (TPSA) is 51.5 Å². The number of aliphatic carboxylic acids is 1. The highest BCUT2D eigenvalue weighted by atomic mass is 16.5. The Morgan fingerprint density at radius 2 is 1.80 bits per heavy atom. The average molecular weight is 271 g/mol. The van der Waals surface area contributed by atoms with Gasteiger partial charge in [0.1, 0.15) is 5.75 Å². The fourth-order valence-corrected chi connectivity index (χ4v) is 2.13. The van der Waals surface area contributed by atoms with Crippen molar-refractivity contribution in [3.05, 3.63) is 53.9 Å². The number of methoxy groups -OCH3 is 1. The number of carboxylic acid groups (broad SMARTS) is 1. The average Bonchev–Trinajstić information content (AvgIpc) is 2.87. The van der Waals surface area contributed by atoms with Crippen molar-refractivity contribution in [2.24, 2.45) is 0 Å². The van der Waals surface area contributed by atoms with E-state index in [0.717, 1.165) is 17.0 Å². The van der Waals surface area contributed by atoms with Gasteiger partial charge in [-0.1, -0.05) is 5.57 Å². The van der Waals surface area contributed by atoms with Crippen molar-refractivity contribution in [1.29, 1.82) is 0 Å². The van der Waals surface area contributed by atoms with Gasteiger partial charge in [0.15, 0.2) is 0 Å². The zero-order chi connectivity index (χ0) is 14.7. The third kappa shape index (κ3) is 2.59. The lowest BCUT2D eigenvalue weighted by Crippen LogP contribution is -2.07. The molecule has 0 amide bonds. The molecular weight excluding hydrogens is 254 g/mol. The molecule has 0 aliphatic rings. The van der Waals surface area contributed by atoms with Gasteiger partial charge >= 0.3 is 5.97 Å². The molecule has 0 aliphatic heterocycles. The first-order valence-electron chi connectivity index (χ1n) is 6.27. The molecule has 4 nitrogen and oxygen atoms in total. The number of carbonyl (C=O) groups is 1. The molecule has 1 N–H and O–H groups in total. The molecule has 1 heterocycles. The molecule has 0 spiro atoms. The van der Waals surface area contributed by atoms with Crippen molar-refractivity contribution >= 4 is 11.5 Å². The van der Waals surface area contributed by atoms with E-state index in [4.69, 9.17) is 4.74 Å². The highest BCUT2D eigenvalue weighted by Gasteiger charge is 2.16. The number of ether oxygens (including phenoxy) is 1. The minimum absolute atomic E-state index is 0.325. The number of aromatic nitrogens is 1. The molecule has 0 saturated carbocycles. The molecule has 0 atom stereocenters. The van der Waals surface area contributed by atoms with Crippen LogP contribution < -0.4 is 4.74 Å². The zero-order valence-corrected chi connectivity index (χ0v) is 11.8. The van der Waals surface area contributed by atoms with Crippen molar-refractivity contribution in [1.82, 2.24) is 4.57 Å². The van der Waals surface area contributed by atoms with Crippen LogP contribution in [-0.4, -0.2) is 22.8 Å². The number of nitrogens with zero attached hydrogens (tertiary/aromatic N) is 1. The van der Waals surface area contributed by atoms with Gasteiger partial charge in [0.25, 0.3) is 0 Å². The quantitative estimate of drug-likeness (QED) is 0.867. The molecule has 0 unspecified atom stereocenters. The molecule has 0 fully saturated rings. The van der Waals surface area contributed by atoms with E-state index < -0.39 is 5.97 Å². The Morgan fingerprint density at radius 3 is 2.30 bits per heavy atom. The van der Waals surface area contributed by atoms with Gasteiger partial charge in [0.2, 0.25) is 0 Å². The smallest absolute Gasteiger partial charge is 0.337 e. The van der Waals surface area contributed by atoms with E-state index in [2.05, 4.69) is 0 Å². The van der Waals surface area contributed by atoms with E-state index in [1.807, 2.05) is 41.1 Å². The molecule has 20 heavy (non-hydrogen) atoms. The first kappa shape index (κ1) is 13.9. The zero-order valence-electron chi connectivity index (χ0n) is 11.8. The lowest BCUT2D eigenvalue weighted by molar-refractivity contribution is -0.130. The molecule has 0 bridgehead atoms. The van der Waals surface area contributed by atoms with Crippen molar-refractivity contribution in [3.63, 3.8) is 0 Å². The molecule has 104 valence electrons. The summed E-state index contributed by atoms with van der Waals surface area (Å²) < 4.78 is 6.99. The lowest BCUT2D eigenvalue weighted by atomic mass is 10.1. The number of rotatable bonds is 4. The highest BCUT2D eigenvalue weighted by molar-refractivity contribution is 6.15. The summed E-state index contributed by atoms with van der Waals surface area (Å²) in [4.78, 5) is 11.4. The van der Waals surface area contributed by atoms with Gasteiger partial charge in [-0.2, -0.15) is 0 Å². The number of benzene rings is 1. The Morgan fingerprint density at radius 1 is 1.15 bits per heavy atom. The minimum atomic E-state index is -0.918. The van der Waals surface area contributed by atoms with Crippen molar-refractivity contribution in [2.75, 3.05) is 7.11 Å².